The minimum absolute atomic E-state index is 0.116. The number of ether oxygens (including phenoxy) is 2. The number of fused-ring (bicyclic) bond motifs is 3. The van der Waals surface area contributed by atoms with Gasteiger partial charge in [0.15, 0.2) is 5.13 Å². The first-order valence-corrected chi connectivity index (χ1v) is 17.4. The molecule has 2 N–H and O–H groups in total. The summed E-state index contributed by atoms with van der Waals surface area (Å²) in [5.41, 5.74) is 0.566. The minimum atomic E-state index is -1.12. The molecular formula is C33H41N5O5S2. The van der Waals surface area contributed by atoms with Crippen LogP contribution >= 0.6 is 22.7 Å². The van der Waals surface area contributed by atoms with E-state index in [0.717, 1.165) is 41.6 Å². The Kier molecular flexibility index (Phi) is 8.89. The fourth-order valence-electron chi connectivity index (χ4n) is 6.19. The molecule has 2 fully saturated rings. The number of rotatable bonds is 5. The number of thiazole rings is 2. The Bertz CT molecular complexity index is 1560. The van der Waals surface area contributed by atoms with Gasteiger partial charge in [-0.05, 0) is 37.8 Å². The number of carbonyl (C=O) groups excluding carboxylic acids is 3. The van der Waals surface area contributed by atoms with Crippen molar-refractivity contribution in [1.29, 1.82) is 0 Å². The predicted molar refractivity (Wildman–Crippen MR) is 176 cm³/mol. The Balaban J connectivity index is 1.29. The molecule has 0 bridgehead atoms. The first-order valence-electron chi connectivity index (χ1n) is 15.7. The van der Waals surface area contributed by atoms with Gasteiger partial charge in [-0.15, -0.1) is 11.3 Å². The summed E-state index contributed by atoms with van der Waals surface area (Å²) in [6.07, 6.45) is 8.67. The smallest absolute Gasteiger partial charge is 0.332 e. The van der Waals surface area contributed by atoms with Crippen LogP contribution in [0.4, 0.5) is 5.13 Å². The van der Waals surface area contributed by atoms with Crippen molar-refractivity contribution in [2.24, 2.45) is 5.92 Å². The van der Waals surface area contributed by atoms with Crippen molar-refractivity contribution >= 4 is 55.8 Å². The molecule has 1 saturated carbocycles. The third kappa shape index (κ3) is 6.72. The van der Waals surface area contributed by atoms with E-state index in [2.05, 4.69) is 42.5 Å². The van der Waals surface area contributed by atoms with Gasteiger partial charge in [0.1, 0.15) is 23.7 Å². The molecule has 2 amide bonds. The molecule has 1 saturated heterocycles. The van der Waals surface area contributed by atoms with E-state index >= 15 is 0 Å². The van der Waals surface area contributed by atoms with Crippen LogP contribution in [-0.4, -0.2) is 70.0 Å². The van der Waals surface area contributed by atoms with Crippen LogP contribution in [0.2, 0.25) is 0 Å². The number of carbonyl (C=O) groups is 3. The topological polar surface area (TPSA) is 123 Å². The Hall–Kier alpha value is -3.51. The molecule has 1 aliphatic carbocycles. The van der Waals surface area contributed by atoms with Crippen molar-refractivity contribution in [2.75, 3.05) is 19.0 Å². The number of nitrogens with zero attached hydrogens (tertiary/aromatic N) is 3. The number of hydrogen-bond donors (Lipinski definition) is 2. The van der Waals surface area contributed by atoms with E-state index in [9.17, 15) is 14.4 Å². The number of allylic oxidation sites excluding steroid dienone is 1. The van der Waals surface area contributed by atoms with E-state index in [0.29, 0.717) is 23.2 Å². The standard InChI is InChI=1S/C33H41N5O5S2/c1-32(2,3)26-19-44-30(36-26)34-23-14-9-7-5-6-8-12-20-17-33(20,29(41)42-4)37-27(39)24-16-21(18-38(24)28(23)40)43-31-35-22-13-10-11-15-25(22)45-31/h8,10-13,15,19-21,23-24H,5-7,9,14,16-18H2,1-4H3,(H,34,36)(H,37,39)/b12-8-/t20-,21+,23-,24-,33+/m0/s1. The molecule has 1 aromatic carbocycles. The third-order valence-electron chi connectivity index (χ3n) is 8.90. The average Bonchev–Trinajstić information content (AvgIpc) is 3.40. The van der Waals surface area contributed by atoms with Gasteiger partial charge in [0.2, 0.25) is 11.8 Å². The lowest BCUT2D eigenvalue weighted by molar-refractivity contribution is -0.148. The van der Waals surface area contributed by atoms with Crippen LogP contribution < -0.4 is 15.4 Å². The van der Waals surface area contributed by atoms with E-state index in [1.54, 1.807) is 4.90 Å². The van der Waals surface area contributed by atoms with Crippen LogP contribution in [0, 0.1) is 5.92 Å². The predicted octanol–water partition coefficient (Wildman–Crippen LogP) is 5.45. The highest BCUT2D eigenvalue weighted by Gasteiger charge is 2.62. The van der Waals surface area contributed by atoms with Crippen molar-refractivity contribution in [3.8, 4) is 5.19 Å². The summed E-state index contributed by atoms with van der Waals surface area (Å²) in [4.78, 5) is 52.4. The summed E-state index contributed by atoms with van der Waals surface area (Å²) in [6.45, 7) is 6.56. The largest absolute Gasteiger partial charge is 0.467 e. The molecule has 5 atom stereocenters. The highest BCUT2D eigenvalue weighted by Crippen LogP contribution is 2.46. The van der Waals surface area contributed by atoms with Gasteiger partial charge in [-0.2, -0.15) is 0 Å². The monoisotopic (exact) mass is 651 g/mol. The zero-order valence-corrected chi connectivity index (χ0v) is 27.8. The fourth-order valence-corrected chi connectivity index (χ4v) is 8.07. The van der Waals surface area contributed by atoms with Gasteiger partial charge in [-0.1, -0.05) is 69.2 Å². The Morgan fingerprint density at radius 3 is 2.73 bits per heavy atom. The number of methoxy groups -OCH3 is 1. The van der Waals surface area contributed by atoms with Crippen LogP contribution in [0.5, 0.6) is 5.19 Å². The number of benzene rings is 1. The van der Waals surface area contributed by atoms with Crippen molar-refractivity contribution < 1.29 is 23.9 Å². The quantitative estimate of drug-likeness (QED) is 0.276. The van der Waals surface area contributed by atoms with Crippen molar-refractivity contribution in [2.45, 2.75) is 94.9 Å². The fraction of sp³-hybridized carbons (Fsp3) is 0.545. The highest BCUT2D eigenvalue weighted by molar-refractivity contribution is 7.20. The molecule has 3 aromatic rings. The molecule has 2 aliphatic heterocycles. The second-order valence-corrected chi connectivity index (χ2v) is 15.1. The number of hydrogen-bond acceptors (Lipinski definition) is 10. The van der Waals surface area contributed by atoms with Gasteiger partial charge in [0, 0.05) is 23.1 Å². The normalized spacial score (nSPS) is 28.3. The molecule has 6 rings (SSSR count). The molecule has 12 heteroatoms. The number of para-hydroxylation sites is 1. The first kappa shape index (κ1) is 31.5. The van der Waals surface area contributed by atoms with Crippen LogP contribution in [0.3, 0.4) is 0 Å². The molecule has 2 aromatic heterocycles. The van der Waals surface area contributed by atoms with Gasteiger partial charge in [0.25, 0.3) is 5.19 Å². The molecule has 10 nitrogen and oxygen atoms in total. The lowest BCUT2D eigenvalue weighted by Gasteiger charge is -2.29. The van der Waals surface area contributed by atoms with Crippen molar-refractivity contribution in [3.63, 3.8) is 0 Å². The van der Waals surface area contributed by atoms with Gasteiger partial charge in [-0.3, -0.25) is 9.59 Å². The highest BCUT2D eigenvalue weighted by atomic mass is 32.1. The molecular weight excluding hydrogens is 611 g/mol. The van der Waals surface area contributed by atoms with Crippen LogP contribution in [0.15, 0.2) is 41.8 Å². The summed E-state index contributed by atoms with van der Waals surface area (Å²) in [7, 11) is 1.34. The zero-order valence-electron chi connectivity index (χ0n) is 26.2. The average molecular weight is 652 g/mol. The summed E-state index contributed by atoms with van der Waals surface area (Å²) < 4.78 is 12.5. The third-order valence-corrected chi connectivity index (χ3v) is 10.6. The number of esters is 1. The van der Waals surface area contributed by atoms with E-state index in [-0.39, 0.29) is 36.1 Å². The summed E-state index contributed by atoms with van der Waals surface area (Å²) in [5, 5.41) is 9.65. The molecule has 0 unspecified atom stereocenters. The number of nitrogens with one attached hydrogen (secondary N) is 2. The summed E-state index contributed by atoms with van der Waals surface area (Å²) in [6, 6.07) is 6.42. The maximum atomic E-state index is 14.4. The SMILES string of the molecule is COC(=O)[C@@]12C[C@@H]1/C=C\CCCCC[C@H](Nc1nc(C(C)(C)C)cs1)C(=O)N1C[C@H](Oc3nc4ccccc4s3)C[C@H]1C(=O)N2. The molecule has 0 spiro atoms. The van der Waals surface area contributed by atoms with Gasteiger partial charge < -0.3 is 25.0 Å². The molecule has 3 aliphatic rings. The molecule has 45 heavy (non-hydrogen) atoms. The number of aromatic nitrogens is 2. The second-order valence-electron chi connectivity index (χ2n) is 13.2. The second kappa shape index (κ2) is 12.7. The Morgan fingerprint density at radius 2 is 1.98 bits per heavy atom. The van der Waals surface area contributed by atoms with Crippen molar-refractivity contribution in [1.82, 2.24) is 20.2 Å². The van der Waals surface area contributed by atoms with Crippen molar-refractivity contribution in [3.05, 3.63) is 47.5 Å². The van der Waals surface area contributed by atoms with E-state index in [1.807, 2.05) is 35.7 Å². The Labute approximate surface area is 271 Å². The maximum absolute atomic E-state index is 14.4. The van der Waals surface area contributed by atoms with E-state index < -0.39 is 29.7 Å². The molecule has 240 valence electrons. The summed E-state index contributed by atoms with van der Waals surface area (Å²) in [5.74, 6) is -1.16. The minimum Gasteiger partial charge on any atom is -0.467 e. The number of anilines is 1. The van der Waals surface area contributed by atoms with Crippen LogP contribution in [0.1, 0.15) is 71.4 Å². The van der Waals surface area contributed by atoms with E-state index in [1.165, 1.54) is 29.8 Å². The Morgan fingerprint density at radius 1 is 1.16 bits per heavy atom. The van der Waals surface area contributed by atoms with Gasteiger partial charge in [0.05, 0.1) is 29.6 Å². The lowest BCUT2D eigenvalue weighted by Crippen LogP contribution is -2.55. The molecule has 4 heterocycles. The van der Waals surface area contributed by atoms with Crippen LogP contribution in [-0.2, 0) is 24.5 Å². The summed E-state index contributed by atoms with van der Waals surface area (Å²) >= 11 is 2.93. The van der Waals surface area contributed by atoms with Crippen LogP contribution in [0.25, 0.3) is 10.2 Å². The van der Waals surface area contributed by atoms with E-state index in [4.69, 9.17) is 14.5 Å². The molecule has 0 radical (unpaired) electrons. The zero-order chi connectivity index (χ0) is 31.8. The van der Waals surface area contributed by atoms with Gasteiger partial charge >= 0.3 is 5.97 Å². The first-order chi connectivity index (χ1) is 21.6. The number of amides is 2. The lowest BCUT2D eigenvalue weighted by atomic mass is 9.93. The van der Waals surface area contributed by atoms with Gasteiger partial charge in [-0.25, -0.2) is 14.8 Å². The maximum Gasteiger partial charge on any atom is 0.332 e.